The molecule has 0 radical (unpaired) electrons. The minimum absolute atomic E-state index is 0.0170. The first kappa shape index (κ1) is 31.5. The van der Waals surface area contributed by atoms with Crippen molar-refractivity contribution in [3.63, 3.8) is 0 Å². The molecule has 3 aromatic carbocycles. The van der Waals surface area contributed by atoms with Gasteiger partial charge in [0.15, 0.2) is 0 Å². The third-order valence-corrected chi connectivity index (χ3v) is 8.22. The number of carbonyl (C=O) groups excluding carboxylic acids is 2. The van der Waals surface area contributed by atoms with Crippen LogP contribution in [0.2, 0.25) is 10.0 Å². The number of nitrogens with zero attached hydrogens (tertiary/aromatic N) is 2. The average Bonchev–Trinajstić information content (AvgIpc) is 2.87. The lowest BCUT2D eigenvalue weighted by Gasteiger charge is -2.34. The summed E-state index contributed by atoms with van der Waals surface area (Å²) in [6, 6.07) is 18.7. The van der Waals surface area contributed by atoms with Gasteiger partial charge in [0.05, 0.1) is 22.0 Å². The fourth-order valence-electron chi connectivity index (χ4n) is 4.35. The molecule has 0 aliphatic carbocycles. The van der Waals surface area contributed by atoms with Gasteiger partial charge in [0.1, 0.15) is 12.6 Å². The zero-order chi connectivity index (χ0) is 29.6. The van der Waals surface area contributed by atoms with E-state index in [4.69, 9.17) is 23.2 Å². The highest BCUT2D eigenvalue weighted by Crippen LogP contribution is 2.27. The lowest BCUT2D eigenvalue weighted by atomic mass is 10.0. The highest BCUT2D eigenvalue weighted by molar-refractivity contribution is 7.92. The van der Waals surface area contributed by atoms with Crippen molar-refractivity contribution in [2.45, 2.75) is 52.7 Å². The van der Waals surface area contributed by atoms with Gasteiger partial charge in [0.2, 0.25) is 21.8 Å². The van der Waals surface area contributed by atoms with Crippen LogP contribution in [0.4, 0.5) is 5.69 Å². The van der Waals surface area contributed by atoms with E-state index in [2.05, 4.69) is 5.32 Å². The van der Waals surface area contributed by atoms with Gasteiger partial charge >= 0.3 is 0 Å². The van der Waals surface area contributed by atoms with E-state index in [9.17, 15) is 18.0 Å². The Balaban J connectivity index is 2.10. The van der Waals surface area contributed by atoms with E-state index in [0.29, 0.717) is 26.9 Å². The molecule has 3 aromatic rings. The number of amides is 2. The van der Waals surface area contributed by atoms with Crippen molar-refractivity contribution >= 4 is 50.7 Å². The normalized spacial score (nSPS) is 12.2. The topological polar surface area (TPSA) is 86.8 Å². The third-order valence-electron chi connectivity index (χ3n) is 6.35. The van der Waals surface area contributed by atoms with Crippen LogP contribution in [-0.2, 0) is 32.6 Å². The van der Waals surface area contributed by atoms with E-state index in [1.165, 1.54) is 4.90 Å². The number of carbonyl (C=O) groups is 2. The fourth-order valence-corrected chi connectivity index (χ4v) is 5.57. The van der Waals surface area contributed by atoms with Crippen LogP contribution in [0.25, 0.3) is 0 Å². The summed E-state index contributed by atoms with van der Waals surface area (Å²) in [5.74, 6) is -0.873. The van der Waals surface area contributed by atoms with Gasteiger partial charge in [0, 0.05) is 19.0 Å². The van der Waals surface area contributed by atoms with Gasteiger partial charge in [-0.3, -0.25) is 13.9 Å². The summed E-state index contributed by atoms with van der Waals surface area (Å²) in [5, 5.41) is 3.60. The summed E-state index contributed by atoms with van der Waals surface area (Å²) in [7, 11) is -3.85. The first-order valence-electron chi connectivity index (χ1n) is 12.9. The molecule has 3 rings (SSSR count). The Morgan fingerprint density at radius 3 is 2.17 bits per heavy atom. The number of aryl methyl sites for hydroxylation is 2. The number of hydrogen-bond donors (Lipinski definition) is 1. The van der Waals surface area contributed by atoms with Crippen molar-refractivity contribution in [2.24, 2.45) is 0 Å². The molecular formula is C30H35Cl2N3O4S. The Kier molecular flexibility index (Phi) is 10.6. The van der Waals surface area contributed by atoms with Crippen molar-refractivity contribution in [3.8, 4) is 0 Å². The summed E-state index contributed by atoms with van der Waals surface area (Å²) in [6.45, 7) is 6.87. The van der Waals surface area contributed by atoms with E-state index in [-0.39, 0.29) is 24.9 Å². The van der Waals surface area contributed by atoms with Crippen LogP contribution < -0.4 is 9.62 Å². The summed E-state index contributed by atoms with van der Waals surface area (Å²) < 4.78 is 27.1. The summed E-state index contributed by atoms with van der Waals surface area (Å²) in [5.41, 5.74) is 3.48. The zero-order valence-electron chi connectivity index (χ0n) is 23.3. The molecule has 0 saturated heterocycles. The average molecular weight is 605 g/mol. The molecule has 0 aliphatic heterocycles. The van der Waals surface area contributed by atoms with Crippen LogP contribution in [0.3, 0.4) is 0 Å². The maximum absolute atomic E-state index is 14.1. The van der Waals surface area contributed by atoms with E-state index >= 15 is 0 Å². The highest BCUT2D eigenvalue weighted by Gasteiger charge is 2.33. The first-order valence-corrected chi connectivity index (χ1v) is 15.5. The van der Waals surface area contributed by atoms with Crippen molar-refractivity contribution < 1.29 is 18.0 Å². The summed E-state index contributed by atoms with van der Waals surface area (Å²) in [6.07, 6.45) is 1.30. The predicted molar refractivity (Wildman–Crippen MR) is 162 cm³/mol. The molecular weight excluding hydrogens is 569 g/mol. The second-order valence-corrected chi connectivity index (χ2v) is 12.9. The molecule has 0 fully saturated rings. The molecule has 0 aromatic heterocycles. The number of benzene rings is 3. The molecule has 10 heteroatoms. The Labute approximate surface area is 247 Å². The Bertz CT molecular complexity index is 1460. The Hall–Kier alpha value is -3.07. The van der Waals surface area contributed by atoms with Gasteiger partial charge in [-0.1, -0.05) is 71.7 Å². The molecule has 0 spiro atoms. The van der Waals surface area contributed by atoms with E-state index in [0.717, 1.165) is 21.7 Å². The van der Waals surface area contributed by atoms with E-state index in [1.807, 2.05) is 63.2 Å². The number of halogens is 2. The minimum Gasteiger partial charge on any atom is -0.352 e. The second kappa shape index (κ2) is 13.5. The lowest BCUT2D eigenvalue weighted by Crippen LogP contribution is -2.54. The zero-order valence-corrected chi connectivity index (χ0v) is 25.6. The van der Waals surface area contributed by atoms with Crippen LogP contribution in [-0.4, -0.2) is 50.0 Å². The number of anilines is 1. The molecule has 214 valence electrons. The number of rotatable bonds is 11. The molecule has 0 aliphatic rings. The van der Waals surface area contributed by atoms with E-state index < -0.39 is 28.5 Å². The summed E-state index contributed by atoms with van der Waals surface area (Å²) in [4.78, 5) is 29.1. The quantitative estimate of drug-likeness (QED) is 0.312. The molecule has 0 unspecified atom stereocenters. The molecule has 1 N–H and O–H groups in total. The van der Waals surface area contributed by atoms with Gasteiger partial charge in [0.25, 0.3) is 0 Å². The highest BCUT2D eigenvalue weighted by atomic mass is 35.5. The fraction of sp³-hybridized carbons (Fsp3) is 0.333. The van der Waals surface area contributed by atoms with Gasteiger partial charge in [-0.25, -0.2) is 8.42 Å². The van der Waals surface area contributed by atoms with Crippen molar-refractivity contribution in [3.05, 3.63) is 99.0 Å². The van der Waals surface area contributed by atoms with Crippen molar-refractivity contribution in [2.75, 3.05) is 17.1 Å². The van der Waals surface area contributed by atoms with Crippen LogP contribution in [0.1, 0.15) is 36.1 Å². The molecule has 7 nitrogen and oxygen atoms in total. The molecule has 40 heavy (non-hydrogen) atoms. The monoisotopic (exact) mass is 603 g/mol. The van der Waals surface area contributed by atoms with Crippen LogP contribution in [0.15, 0.2) is 66.7 Å². The maximum atomic E-state index is 14.1. The SMILES string of the molecule is Cc1ccc(C)c(N(CC(=O)N(Cc2ccc(Cl)c(Cl)c2)[C@H](Cc2ccccc2)C(=O)NC(C)C)S(C)(=O)=O)c1. The van der Waals surface area contributed by atoms with Crippen molar-refractivity contribution in [1.82, 2.24) is 10.2 Å². The first-order chi connectivity index (χ1) is 18.8. The number of nitrogens with one attached hydrogen (secondary N) is 1. The van der Waals surface area contributed by atoms with Crippen LogP contribution in [0, 0.1) is 13.8 Å². The Morgan fingerprint density at radius 1 is 0.900 bits per heavy atom. The van der Waals surface area contributed by atoms with Crippen LogP contribution in [0.5, 0.6) is 0 Å². The van der Waals surface area contributed by atoms with Crippen LogP contribution >= 0.6 is 23.2 Å². The summed E-state index contributed by atoms with van der Waals surface area (Å²) >= 11 is 12.4. The smallest absolute Gasteiger partial charge is 0.244 e. The number of sulfonamides is 1. The molecule has 2 amide bonds. The predicted octanol–water partition coefficient (Wildman–Crippen LogP) is 5.54. The molecule has 0 heterocycles. The second-order valence-electron chi connectivity index (χ2n) is 10.2. The molecule has 0 bridgehead atoms. The maximum Gasteiger partial charge on any atom is 0.244 e. The standard InChI is InChI=1S/C30H35Cl2N3O4S/c1-20(2)33-30(37)28(17-23-9-7-6-8-10-23)34(18-24-13-14-25(31)26(32)16-24)29(36)19-35(40(5,38)39)27-15-21(3)11-12-22(27)4/h6-16,20,28H,17-19H2,1-5H3,(H,33,37)/t28-/m1/s1. The van der Waals surface area contributed by atoms with Gasteiger partial charge < -0.3 is 10.2 Å². The van der Waals surface area contributed by atoms with Gasteiger partial charge in [-0.2, -0.15) is 0 Å². The third kappa shape index (κ3) is 8.46. The number of hydrogen-bond acceptors (Lipinski definition) is 4. The molecule has 1 atom stereocenters. The van der Waals surface area contributed by atoms with Gasteiger partial charge in [-0.15, -0.1) is 0 Å². The lowest BCUT2D eigenvalue weighted by molar-refractivity contribution is -0.140. The molecule has 0 saturated carbocycles. The van der Waals surface area contributed by atoms with Crippen molar-refractivity contribution in [1.29, 1.82) is 0 Å². The van der Waals surface area contributed by atoms with Gasteiger partial charge in [-0.05, 0) is 68.1 Å². The Morgan fingerprint density at radius 2 is 1.57 bits per heavy atom. The minimum atomic E-state index is -3.85. The van der Waals surface area contributed by atoms with E-state index in [1.54, 1.807) is 31.2 Å². The largest absolute Gasteiger partial charge is 0.352 e.